The van der Waals surface area contributed by atoms with Crippen LogP contribution in [0.3, 0.4) is 0 Å². The number of benzene rings is 1. The maximum absolute atomic E-state index is 13.5. The van der Waals surface area contributed by atoms with Gasteiger partial charge in [-0.1, -0.05) is 12.8 Å². The van der Waals surface area contributed by atoms with E-state index in [4.69, 9.17) is 4.74 Å². The van der Waals surface area contributed by atoms with Crippen molar-refractivity contribution in [1.29, 1.82) is 0 Å². The second kappa shape index (κ2) is 13.1. The molecular weight excluding hydrogens is 552 g/mol. The second-order valence-corrected chi connectivity index (χ2v) is 12.9. The maximum atomic E-state index is 13.5. The Morgan fingerprint density at radius 3 is 2.23 bits per heavy atom. The predicted molar refractivity (Wildman–Crippen MR) is 154 cm³/mol. The molecule has 1 aromatic carbocycles. The van der Waals surface area contributed by atoms with Crippen molar-refractivity contribution in [2.75, 3.05) is 44.6 Å². The van der Waals surface area contributed by atoms with E-state index in [1.165, 1.54) is 39.9 Å². The normalized spacial score (nSPS) is 16.1. The molecule has 0 radical (unpaired) electrons. The number of nitrogens with one attached hydrogen (secondary N) is 1. The van der Waals surface area contributed by atoms with Gasteiger partial charge in [0.1, 0.15) is 5.00 Å². The van der Waals surface area contributed by atoms with E-state index in [-0.39, 0.29) is 23.0 Å². The van der Waals surface area contributed by atoms with Gasteiger partial charge in [-0.05, 0) is 69.9 Å². The summed E-state index contributed by atoms with van der Waals surface area (Å²) in [6, 6.07) is 5.94. The van der Waals surface area contributed by atoms with Crippen LogP contribution in [0.15, 0.2) is 29.2 Å². The van der Waals surface area contributed by atoms with Crippen molar-refractivity contribution in [3.63, 3.8) is 0 Å². The third kappa shape index (κ3) is 6.34. The number of amides is 3. The van der Waals surface area contributed by atoms with Crippen LogP contribution in [0, 0.1) is 0 Å². The molecule has 3 amide bonds. The van der Waals surface area contributed by atoms with Crippen molar-refractivity contribution in [2.24, 2.45) is 0 Å². The molecule has 3 heterocycles. The van der Waals surface area contributed by atoms with Gasteiger partial charge in [0.05, 0.1) is 23.6 Å². The van der Waals surface area contributed by atoms with Gasteiger partial charge in [0.15, 0.2) is 0 Å². The monoisotopic (exact) mass is 590 g/mol. The van der Waals surface area contributed by atoms with Crippen LogP contribution < -0.4 is 5.32 Å². The zero-order valence-electron chi connectivity index (χ0n) is 23.4. The van der Waals surface area contributed by atoms with E-state index in [0.717, 1.165) is 36.1 Å². The number of hydrogen-bond acceptors (Lipinski definition) is 7. The summed E-state index contributed by atoms with van der Waals surface area (Å²) in [5.41, 5.74) is 1.59. The molecule has 0 bridgehead atoms. The highest BCUT2D eigenvalue weighted by atomic mass is 32.2. The predicted octanol–water partition coefficient (Wildman–Crippen LogP) is 4.56. The molecule has 1 N–H and O–H groups in total. The number of nitrogens with zero attached hydrogens (tertiary/aromatic N) is 3. The average molecular weight is 591 g/mol. The molecule has 1 aromatic heterocycles. The van der Waals surface area contributed by atoms with E-state index >= 15 is 0 Å². The average Bonchev–Trinajstić information content (AvgIpc) is 3.10. The van der Waals surface area contributed by atoms with Crippen LogP contribution in [0.25, 0.3) is 0 Å². The lowest BCUT2D eigenvalue weighted by Crippen LogP contribution is -2.37. The Morgan fingerprint density at radius 2 is 1.62 bits per heavy atom. The number of thiophene rings is 1. The standard InChI is InChI=1S/C28H38N4O6S2/c1-4-30(5-2)27(34)24-22-15-18-31(28(35)38-6-3)19-23(22)39-26(24)29-25(33)20-11-13-21(14-12-20)40(36,37)32-16-9-7-8-10-17-32/h11-14H,4-10,15-19H2,1-3H3,(H,29,33). The van der Waals surface area contributed by atoms with E-state index < -0.39 is 22.0 Å². The van der Waals surface area contributed by atoms with Gasteiger partial charge >= 0.3 is 6.09 Å². The molecule has 0 aliphatic carbocycles. The number of carbonyl (C=O) groups is 3. The van der Waals surface area contributed by atoms with Gasteiger partial charge in [-0.2, -0.15) is 4.31 Å². The molecule has 4 rings (SSSR count). The van der Waals surface area contributed by atoms with Crippen LogP contribution in [0.2, 0.25) is 0 Å². The summed E-state index contributed by atoms with van der Waals surface area (Å²) < 4.78 is 32.9. The van der Waals surface area contributed by atoms with Gasteiger partial charge in [-0.25, -0.2) is 13.2 Å². The number of hydrogen-bond donors (Lipinski definition) is 1. The summed E-state index contributed by atoms with van der Waals surface area (Å²) in [5.74, 6) is -0.602. The molecule has 2 aliphatic rings. The molecule has 10 nitrogen and oxygen atoms in total. The number of sulfonamides is 1. The quantitative estimate of drug-likeness (QED) is 0.482. The number of rotatable bonds is 8. The summed E-state index contributed by atoms with van der Waals surface area (Å²) >= 11 is 1.29. The molecule has 40 heavy (non-hydrogen) atoms. The summed E-state index contributed by atoms with van der Waals surface area (Å²) in [6.45, 7) is 8.61. The van der Waals surface area contributed by atoms with Crippen LogP contribution in [0.5, 0.6) is 0 Å². The number of ether oxygens (including phenoxy) is 1. The van der Waals surface area contributed by atoms with Crippen molar-refractivity contribution < 1.29 is 27.5 Å². The van der Waals surface area contributed by atoms with Crippen molar-refractivity contribution in [3.8, 4) is 0 Å². The highest BCUT2D eigenvalue weighted by molar-refractivity contribution is 7.89. The number of anilines is 1. The minimum atomic E-state index is -3.63. The van der Waals surface area contributed by atoms with Crippen LogP contribution in [0.4, 0.5) is 9.80 Å². The fourth-order valence-corrected chi connectivity index (χ4v) is 7.91. The molecule has 1 saturated heterocycles. The lowest BCUT2D eigenvalue weighted by atomic mass is 10.0. The van der Waals surface area contributed by atoms with Crippen molar-refractivity contribution in [3.05, 3.63) is 45.8 Å². The largest absolute Gasteiger partial charge is 0.450 e. The Balaban J connectivity index is 1.58. The van der Waals surface area contributed by atoms with Gasteiger partial charge in [0.25, 0.3) is 11.8 Å². The molecule has 2 aromatic rings. The fraction of sp³-hybridized carbons (Fsp3) is 0.536. The molecule has 0 saturated carbocycles. The van der Waals surface area contributed by atoms with Gasteiger partial charge in [-0.15, -0.1) is 11.3 Å². The van der Waals surface area contributed by atoms with Gasteiger partial charge in [0.2, 0.25) is 10.0 Å². The summed E-state index contributed by atoms with van der Waals surface area (Å²) in [4.78, 5) is 43.5. The first-order valence-corrected chi connectivity index (χ1v) is 16.2. The van der Waals surface area contributed by atoms with Gasteiger partial charge < -0.3 is 19.9 Å². The van der Waals surface area contributed by atoms with Crippen LogP contribution in [-0.2, 0) is 27.7 Å². The van der Waals surface area contributed by atoms with Gasteiger partial charge in [0, 0.05) is 43.2 Å². The van der Waals surface area contributed by atoms with E-state index in [0.29, 0.717) is 56.3 Å². The second-order valence-electron chi connectivity index (χ2n) is 9.85. The highest BCUT2D eigenvalue weighted by Gasteiger charge is 2.32. The highest BCUT2D eigenvalue weighted by Crippen LogP contribution is 2.38. The maximum Gasteiger partial charge on any atom is 0.410 e. The smallest absolute Gasteiger partial charge is 0.410 e. The Labute approximate surface area is 240 Å². The Kier molecular flexibility index (Phi) is 9.85. The fourth-order valence-electron chi connectivity index (χ4n) is 5.14. The third-order valence-corrected chi connectivity index (χ3v) is 10.4. The first kappa shape index (κ1) is 30.0. The molecule has 0 atom stereocenters. The lowest BCUT2D eigenvalue weighted by molar-refractivity contribution is 0.0772. The molecule has 1 fully saturated rings. The van der Waals surface area contributed by atoms with E-state index in [9.17, 15) is 22.8 Å². The third-order valence-electron chi connectivity index (χ3n) is 7.39. The van der Waals surface area contributed by atoms with Crippen molar-refractivity contribution in [1.82, 2.24) is 14.1 Å². The summed E-state index contributed by atoms with van der Waals surface area (Å²) in [6.07, 6.45) is 3.81. The minimum Gasteiger partial charge on any atom is -0.450 e. The first-order valence-electron chi connectivity index (χ1n) is 14.0. The number of carbonyl (C=O) groups excluding carboxylic acids is 3. The lowest BCUT2D eigenvalue weighted by Gasteiger charge is -2.27. The molecule has 0 unspecified atom stereocenters. The van der Waals surface area contributed by atoms with Crippen molar-refractivity contribution in [2.45, 2.75) is 64.3 Å². The first-order chi connectivity index (χ1) is 19.2. The van der Waals surface area contributed by atoms with Crippen LogP contribution in [0.1, 0.15) is 77.6 Å². The summed E-state index contributed by atoms with van der Waals surface area (Å²) in [5, 5.41) is 3.33. The zero-order valence-corrected chi connectivity index (χ0v) is 25.0. The van der Waals surface area contributed by atoms with Crippen LogP contribution >= 0.6 is 11.3 Å². The molecular formula is C28H38N4O6S2. The molecule has 2 aliphatic heterocycles. The Hall–Kier alpha value is -2.96. The molecule has 218 valence electrons. The molecule has 0 spiro atoms. The summed E-state index contributed by atoms with van der Waals surface area (Å²) in [7, 11) is -3.63. The van der Waals surface area contributed by atoms with E-state index in [1.807, 2.05) is 13.8 Å². The minimum absolute atomic E-state index is 0.161. The van der Waals surface area contributed by atoms with Crippen LogP contribution in [-0.4, -0.2) is 79.8 Å². The number of fused-ring (bicyclic) bond motifs is 1. The van der Waals surface area contributed by atoms with E-state index in [2.05, 4.69) is 5.32 Å². The van der Waals surface area contributed by atoms with Crippen molar-refractivity contribution >= 4 is 44.3 Å². The SMILES string of the molecule is CCOC(=O)N1CCc2c(sc(NC(=O)c3ccc(S(=O)(=O)N4CCCCCC4)cc3)c2C(=O)N(CC)CC)C1. The Bertz CT molecular complexity index is 1330. The Morgan fingerprint density at radius 1 is 0.975 bits per heavy atom. The zero-order chi connectivity index (χ0) is 28.9. The topological polar surface area (TPSA) is 116 Å². The molecule has 12 heteroatoms. The van der Waals surface area contributed by atoms with Gasteiger partial charge in [-0.3, -0.25) is 9.59 Å². The van der Waals surface area contributed by atoms with E-state index in [1.54, 1.807) is 16.7 Å².